The van der Waals surface area contributed by atoms with E-state index in [0.29, 0.717) is 5.41 Å². The molecule has 114 valence electrons. The Balaban J connectivity index is 1.51. The van der Waals surface area contributed by atoms with E-state index in [1.807, 2.05) is 0 Å². The Morgan fingerprint density at radius 3 is 2.10 bits per heavy atom. The fourth-order valence-electron chi connectivity index (χ4n) is 5.27. The highest BCUT2D eigenvalue weighted by atomic mass is 15.0. The number of hydrogen-bond acceptors (Lipinski definition) is 1. The van der Waals surface area contributed by atoms with Gasteiger partial charge in [0.1, 0.15) is 0 Å². The van der Waals surface area contributed by atoms with E-state index in [1.165, 1.54) is 44.9 Å². The summed E-state index contributed by atoms with van der Waals surface area (Å²) in [6, 6.07) is 10.7. The van der Waals surface area contributed by atoms with Crippen LogP contribution < -0.4 is 5.32 Å². The zero-order chi connectivity index (χ0) is 14.4. The van der Waals surface area contributed by atoms with Crippen molar-refractivity contribution in [3.63, 3.8) is 0 Å². The van der Waals surface area contributed by atoms with Gasteiger partial charge in [-0.1, -0.05) is 38.1 Å². The van der Waals surface area contributed by atoms with E-state index < -0.39 is 0 Å². The molecule has 0 aliphatic heterocycles. The van der Waals surface area contributed by atoms with Gasteiger partial charge in [-0.15, -0.1) is 0 Å². The van der Waals surface area contributed by atoms with Crippen molar-refractivity contribution in [2.45, 2.75) is 70.9 Å². The average molecular weight is 283 g/mol. The van der Waals surface area contributed by atoms with Crippen LogP contribution in [-0.4, -0.2) is 12.1 Å². The summed E-state index contributed by atoms with van der Waals surface area (Å²) in [4.78, 5) is 0. The molecule has 2 saturated carbocycles. The highest BCUT2D eigenvalue weighted by Gasteiger charge is 2.41. The number of hydrogen-bond donors (Lipinski definition) is 1. The number of benzene rings is 1. The highest BCUT2D eigenvalue weighted by molar-refractivity contribution is 5.30. The molecule has 0 heterocycles. The summed E-state index contributed by atoms with van der Waals surface area (Å²) in [6.07, 6.45) is 9.64. The molecule has 1 heteroatoms. The minimum atomic E-state index is 0.560. The lowest BCUT2D eigenvalue weighted by atomic mass is 9.91. The largest absolute Gasteiger partial charge is 0.311 e. The molecule has 3 aliphatic rings. The van der Waals surface area contributed by atoms with E-state index in [9.17, 15) is 0 Å². The Morgan fingerprint density at radius 1 is 0.952 bits per heavy atom. The minimum absolute atomic E-state index is 0.560. The van der Waals surface area contributed by atoms with E-state index in [1.54, 1.807) is 11.1 Å². The predicted molar refractivity (Wildman–Crippen MR) is 88.4 cm³/mol. The lowest BCUT2D eigenvalue weighted by molar-refractivity contribution is 0.290. The quantitative estimate of drug-likeness (QED) is 0.851. The van der Waals surface area contributed by atoms with E-state index >= 15 is 0 Å². The summed E-state index contributed by atoms with van der Waals surface area (Å²) in [7, 11) is 0. The maximum Gasteiger partial charge on any atom is 0.0132 e. The fourth-order valence-corrected chi connectivity index (χ4v) is 5.27. The second-order valence-corrected chi connectivity index (χ2v) is 8.57. The molecule has 0 aromatic heterocycles. The number of fused-ring (bicyclic) bond motifs is 3. The van der Waals surface area contributed by atoms with Crippen molar-refractivity contribution in [2.75, 3.05) is 0 Å². The molecule has 2 fully saturated rings. The highest BCUT2D eigenvalue weighted by Crippen LogP contribution is 2.42. The molecule has 2 bridgehead atoms. The zero-order valence-corrected chi connectivity index (χ0v) is 13.6. The molecule has 21 heavy (non-hydrogen) atoms. The van der Waals surface area contributed by atoms with Crippen LogP contribution in [0.15, 0.2) is 24.3 Å². The van der Waals surface area contributed by atoms with Gasteiger partial charge in [0.15, 0.2) is 0 Å². The third kappa shape index (κ3) is 2.65. The Labute approximate surface area is 129 Å². The van der Waals surface area contributed by atoms with Gasteiger partial charge in [0.2, 0.25) is 0 Å². The van der Waals surface area contributed by atoms with Gasteiger partial charge in [0.25, 0.3) is 0 Å². The van der Waals surface area contributed by atoms with Crippen LogP contribution in [0.5, 0.6) is 0 Å². The smallest absolute Gasteiger partial charge is 0.0132 e. The fraction of sp³-hybridized carbons (Fsp3) is 0.700. The first-order valence-corrected chi connectivity index (χ1v) is 8.94. The lowest BCUT2D eigenvalue weighted by Crippen LogP contribution is -2.43. The van der Waals surface area contributed by atoms with Crippen LogP contribution in [0.3, 0.4) is 0 Å². The summed E-state index contributed by atoms with van der Waals surface area (Å²) in [6.45, 7) is 4.87. The second kappa shape index (κ2) is 5.12. The van der Waals surface area contributed by atoms with Gasteiger partial charge >= 0.3 is 0 Å². The van der Waals surface area contributed by atoms with Crippen molar-refractivity contribution < 1.29 is 0 Å². The van der Waals surface area contributed by atoms with Crippen molar-refractivity contribution in [1.82, 2.24) is 5.32 Å². The van der Waals surface area contributed by atoms with E-state index in [0.717, 1.165) is 23.9 Å². The van der Waals surface area contributed by atoms with Crippen LogP contribution in [0.4, 0.5) is 0 Å². The van der Waals surface area contributed by atoms with Gasteiger partial charge in [-0.2, -0.15) is 0 Å². The monoisotopic (exact) mass is 283 g/mol. The van der Waals surface area contributed by atoms with Gasteiger partial charge in [-0.3, -0.25) is 0 Å². The third-order valence-electron chi connectivity index (χ3n) is 6.40. The first-order chi connectivity index (χ1) is 10.1. The normalized spacial score (nSPS) is 37.2. The van der Waals surface area contributed by atoms with E-state index in [2.05, 4.69) is 43.4 Å². The molecule has 4 rings (SSSR count). The SMILES string of the molecule is CC1(C)CCC(NC2C3CCC2Cc2ccccc2C3)C1. The van der Waals surface area contributed by atoms with Crippen LogP contribution in [0.25, 0.3) is 0 Å². The van der Waals surface area contributed by atoms with Gasteiger partial charge in [-0.05, 0) is 73.3 Å². The Morgan fingerprint density at radius 2 is 1.57 bits per heavy atom. The Kier molecular flexibility index (Phi) is 3.37. The summed E-state index contributed by atoms with van der Waals surface area (Å²) >= 11 is 0. The van der Waals surface area contributed by atoms with Gasteiger partial charge in [0.05, 0.1) is 0 Å². The molecule has 3 unspecified atom stereocenters. The third-order valence-corrected chi connectivity index (χ3v) is 6.40. The zero-order valence-electron chi connectivity index (χ0n) is 13.6. The Hall–Kier alpha value is -0.820. The van der Waals surface area contributed by atoms with Gasteiger partial charge in [-0.25, -0.2) is 0 Å². The number of nitrogens with one attached hydrogen (secondary N) is 1. The van der Waals surface area contributed by atoms with Crippen molar-refractivity contribution in [2.24, 2.45) is 17.3 Å². The molecule has 3 atom stereocenters. The first kappa shape index (κ1) is 13.8. The molecule has 1 aromatic rings. The standard InChI is InChI=1S/C20H29N/c1-20(2)10-9-18(13-20)21-19-16-7-8-17(19)12-15-6-4-3-5-14(15)11-16/h3-6,16-19,21H,7-13H2,1-2H3. The van der Waals surface area contributed by atoms with Gasteiger partial charge < -0.3 is 5.32 Å². The van der Waals surface area contributed by atoms with Crippen LogP contribution >= 0.6 is 0 Å². The first-order valence-electron chi connectivity index (χ1n) is 8.94. The molecule has 1 nitrogen and oxygen atoms in total. The van der Waals surface area contributed by atoms with Crippen LogP contribution in [0, 0.1) is 17.3 Å². The molecule has 0 saturated heterocycles. The molecule has 0 radical (unpaired) electrons. The lowest BCUT2D eigenvalue weighted by Gasteiger charge is -2.28. The molecule has 3 aliphatic carbocycles. The molecular formula is C20H29N. The average Bonchev–Trinajstić information content (AvgIpc) is 2.90. The van der Waals surface area contributed by atoms with Crippen LogP contribution in [-0.2, 0) is 12.8 Å². The molecule has 1 aromatic carbocycles. The second-order valence-electron chi connectivity index (χ2n) is 8.57. The molecule has 1 N–H and O–H groups in total. The summed E-state index contributed by atoms with van der Waals surface area (Å²) in [5, 5.41) is 4.11. The van der Waals surface area contributed by atoms with E-state index in [-0.39, 0.29) is 0 Å². The topological polar surface area (TPSA) is 12.0 Å². The number of rotatable bonds is 2. The summed E-state index contributed by atoms with van der Waals surface area (Å²) in [5.41, 5.74) is 3.82. The molecule has 0 spiro atoms. The maximum atomic E-state index is 4.11. The predicted octanol–water partition coefficient (Wildman–Crippen LogP) is 4.35. The molecule has 0 amide bonds. The van der Waals surface area contributed by atoms with Crippen molar-refractivity contribution in [3.8, 4) is 0 Å². The molecular weight excluding hydrogens is 254 g/mol. The van der Waals surface area contributed by atoms with Crippen molar-refractivity contribution >= 4 is 0 Å². The maximum absolute atomic E-state index is 4.11. The van der Waals surface area contributed by atoms with Crippen molar-refractivity contribution in [1.29, 1.82) is 0 Å². The van der Waals surface area contributed by atoms with Gasteiger partial charge in [0, 0.05) is 12.1 Å². The Bertz CT molecular complexity index is 485. The van der Waals surface area contributed by atoms with E-state index in [4.69, 9.17) is 0 Å². The van der Waals surface area contributed by atoms with Crippen LogP contribution in [0.2, 0.25) is 0 Å². The summed E-state index contributed by atoms with van der Waals surface area (Å²) < 4.78 is 0. The van der Waals surface area contributed by atoms with Crippen LogP contribution in [0.1, 0.15) is 57.1 Å². The minimum Gasteiger partial charge on any atom is -0.311 e. The summed E-state index contributed by atoms with van der Waals surface area (Å²) in [5.74, 6) is 1.75. The van der Waals surface area contributed by atoms with Crippen molar-refractivity contribution in [3.05, 3.63) is 35.4 Å².